The van der Waals surface area contributed by atoms with Crippen LogP contribution < -0.4 is 5.73 Å². The van der Waals surface area contributed by atoms with Gasteiger partial charge in [0, 0.05) is 13.5 Å². The van der Waals surface area contributed by atoms with E-state index in [0.29, 0.717) is 5.70 Å². The number of aliphatic carboxylic acids is 1. The normalized spacial score (nSPS) is 15.1. The van der Waals surface area contributed by atoms with E-state index in [1.54, 1.807) is 13.0 Å². The van der Waals surface area contributed by atoms with Crippen LogP contribution in [0.2, 0.25) is 0 Å². The Morgan fingerprint density at radius 3 is 2.67 bits per heavy atom. The molecule has 0 saturated heterocycles. The quantitative estimate of drug-likeness (QED) is 0.612. The summed E-state index contributed by atoms with van der Waals surface area (Å²) in [5.41, 5.74) is 5.87. The van der Waals surface area contributed by atoms with E-state index in [4.69, 9.17) is 10.8 Å². The smallest absolute Gasteiger partial charge is 0.320 e. The highest BCUT2D eigenvalue weighted by Crippen LogP contribution is 2.05. The molecular weight excluding hydrogens is 158 g/mol. The highest BCUT2D eigenvalue weighted by molar-refractivity contribution is 5.73. The molecule has 12 heavy (non-hydrogen) atoms. The van der Waals surface area contributed by atoms with Crippen molar-refractivity contribution in [3.05, 3.63) is 11.8 Å². The maximum absolute atomic E-state index is 10.3. The zero-order valence-electron chi connectivity index (χ0n) is 7.19. The Morgan fingerprint density at radius 1 is 1.75 bits per heavy atom. The van der Waals surface area contributed by atoms with Crippen LogP contribution in [-0.4, -0.2) is 24.2 Å². The summed E-state index contributed by atoms with van der Waals surface area (Å²) >= 11 is 0. The number of hydrogen-bond acceptors (Lipinski definition) is 4. The number of allylic oxidation sites excluding steroid dienone is 1. The highest BCUT2D eigenvalue weighted by Gasteiger charge is 2.12. The molecule has 0 rings (SSSR count). The largest absolute Gasteiger partial charge is 0.480 e. The number of rotatable bonds is 4. The predicted molar refractivity (Wildman–Crippen MR) is 44.8 cm³/mol. The Kier molecular flexibility index (Phi) is 4.87. The number of nitrogens with zero attached hydrogens (tertiary/aromatic N) is 2. The minimum absolute atomic E-state index is 0.211. The van der Waals surface area contributed by atoms with E-state index >= 15 is 0 Å². The van der Waals surface area contributed by atoms with Gasteiger partial charge >= 0.3 is 5.97 Å². The second kappa shape index (κ2) is 5.42. The maximum atomic E-state index is 10.3. The van der Waals surface area contributed by atoms with E-state index in [1.807, 2.05) is 0 Å². The van der Waals surface area contributed by atoms with Gasteiger partial charge in [0.25, 0.3) is 0 Å². The van der Waals surface area contributed by atoms with E-state index in [1.165, 1.54) is 7.05 Å². The fourth-order valence-corrected chi connectivity index (χ4v) is 0.657. The average Bonchev–Trinajstić information content (AvgIpc) is 2.03. The van der Waals surface area contributed by atoms with Crippen LogP contribution >= 0.6 is 0 Å². The standard InChI is InChI=1S/C7H13N3O2/c1-3-5(10-9-2)4-6(8)7(11)12/h3,6H,4,8H2,1-2H3,(H,11,12)/b5-3-,10-9-. The van der Waals surface area contributed by atoms with Crippen LogP contribution in [0.3, 0.4) is 0 Å². The zero-order chi connectivity index (χ0) is 9.56. The molecule has 0 saturated carbocycles. The van der Waals surface area contributed by atoms with Crippen molar-refractivity contribution >= 4 is 5.97 Å². The van der Waals surface area contributed by atoms with E-state index in [-0.39, 0.29) is 6.42 Å². The first-order valence-electron chi connectivity index (χ1n) is 3.55. The highest BCUT2D eigenvalue weighted by atomic mass is 16.4. The predicted octanol–water partition coefficient (Wildman–Crippen LogP) is 0.774. The topological polar surface area (TPSA) is 88.0 Å². The van der Waals surface area contributed by atoms with Gasteiger partial charge in [-0.15, -0.1) is 0 Å². The minimum Gasteiger partial charge on any atom is -0.480 e. The van der Waals surface area contributed by atoms with Crippen LogP contribution in [0.1, 0.15) is 13.3 Å². The molecule has 5 heteroatoms. The van der Waals surface area contributed by atoms with Crippen molar-refractivity contribution in [2.75, 3.05) is 7.05 Å². The van der Waals surface area contributed by atoms with Crippen molar-refractivity contribution < 1.29 is 9.90 Å². The van der Waals surface area contributed by atoms with Gasteiger partial charge in [-0.2, -0.15) is 10.2 Å². The molecule has 1 unspecified atom stereocenters. The molecule has 0 radical (unpaired) electrons. The van der Waals surface area contributed by atoms with Crippen molar-refractivity contribution in [2.45, 2.75) is 19.4 Å². The molecule has 0 bridgehead atoms. The summed E-state index contributed by atoms with van der Waals surface area (Å²) in [6.07, 6.45) is 1.90. The van der Waals surface area contributed by atoms with Crippen molar-refractivity contribution in [2.24, 2.45) is 16.0 Å². The van der Waals surface area contributed by atoms with Gasteiger partial charge in [0.05, 0.1) is 5.70 Å². The number of azo groups is 1. The summed E-state index contributed by atoms with van der Waals surface area (Å²) < 4.78 is 0. The third kappa shape index (κ3) is 3.82. The monoisotopic (exact) mass is 171 g/mol. The van der Waals surface area contributed by atoms with Gasteiger partial charge in [0.2, 0.25) is 0 Å². The van der Waals surface area contributed by atoms with Crippen LogP contribution in [0, 0.1) is 0 Å². The molecule has 0 aliphatic carbocycles. The van der Waals surface area contributed by atoms with Crippen LogP contribution in [0.15, 0.2) is 22.0 Å². The first kappa shape index (κ1) is 10.8. The summed E-state index contributed by atoms with van der Waals surface area (Å²) in [6, 6.07) is -0.901. The van der Waals surface area contributed by atoms with E-state index in [0.717, 1.165) is 0 Å². The Hall–Kier alpha value is -1.23. The Labute approximate surface area is 71.0 Å². The summed E-state index contributed by atoms with van der Waals surface area (Å²) in [7, 11) is 1.52. The minimum atomic E-state index is -1.03. The van der Waals surface area contributed by atoms with Crippen molar-refractivity contribution in [3.8, 4) is 0 Å². The average molecular weight is 171 g/mol. The third-order valence-electron chi connectivity index (χ3n) is 1.31. The Bertz CT molecular complexity index is 211. The molecule has 0 aromatic heterocycles. The van der Waals surface area contributed by atoms with E-state index in [9.17, 15) is 4.79 Å². The van der Waals surface area contributed by atoms with Gasteiger partial charge in [-0.25, -0.2) is 0 Å². The maximum Gasteiger partial charge on any atom is 0.320 e. The lowest BCUT2D eigenvalue weighted by Gasteiger charge is -2.04. The lowest BCUT2D eigenvalue weighted by Crippen LogP contribution is -2.30. The lowest BCUT2D eigenvalue weighted by atomic mass is 10.2. The summed E-state index contributed by atoms with van der Waals surface area (Å²) in [5.74, 6) is -1.03. The lowest BCUT2D eigenvalue weighted by molar-refractivity contribution is -0.138. The van der Waals surface area contributed by atoms with Crippen LogP contribution in [0.25, 0.3) is 0 Å². The molecule has 5 nitrogen and oxygen atoms in total. The van der Waals surface area contributed by atoms with Gasteiger partial charge in [-0.05, 0) is 6.92 Å². The van der Waals surface area contributed by atoms with Crippen molar-refractivity contribution in [3.63, 3.8) is 0 Å². The molecule has 0 aliphatic rings. The second-order valence-electron chi connectivity index (χ2n) is 2.23. The fourth-order valence-electron chi connectivity index (χ4n) is 0.657. The molecule has 68 valence electrons. The number of carboxylic acid groups (broad SMARTS) is 1. The molecule has 0 amide bonds. The molecule has 1 atom stereocenters. The summed E-state index contributed by atoms with van der Waals surface area (Å²) in [4.78, 5) is 10.3. The molecule has 0 heterocycles. The zero-order valence-corrected chi connectivity index (χ0v) is 7.19. The van der Waals surface area contributed by atoms with E-state index < -0.39 is 12.0 Å². The van der Waals surface area contributed by atoms with Gasteiger partial charge in [0.1, 0.15) is 6.04 Å². The number of carboxylic acids is 1. The summed E-state index contributed by atoms with van der Waals surface area (Å²) in [6.45, 7) is 1.76. The second-order valence-corrected chi connectivity index (χ2v) is 2.23. The molecule has 0 spiro atoms. The van der Waals surface area contributed by atoms with Gasteiger partial charge in [0.15, 0.2) is 0 Å². The van der Waals surface area contributed by atoms with Crippen LogP contribution in [0.5, 0.6) is 0 Å². The van der Waals surface area contributed by atoms with Gasteiger partial charge < -0.3 is 10.8 Å². The number of hydrogen-bond donors (Lipinski definition) is 2. The van der Waals surface area contributed by atoms with Gasteiger partial charge in [-0.3, -0.25) is 4.79 Å². The molecular formula is C7H13N3O2. The summed E-state index contributed by atoms with van der Waals surface area (Å²) in [5, 5.41) is 15.7. The molecule has 0 aromatic rings. The first-order valence-corrected chi connectivity index (χ1v) is 3.55. The third-order valence-corrected chi connectivity index (χ3v) is 1.31. The number of carbonyl (C=O) groups is 1. The van der Waals surface area contributed by atoms with Crippen molar-refractivity contribution in [1.82, 2.24) is 0 Å². The van der Waals surface area contributed by atoms with Crippen LogP contribution in [0.4, 0.5) is 0 Å². The Morgan fingerprint density at radius 2 is 2.33 bits per heavy atom. The molecule has 0 aromatic carbocycles. The first-order chi connectivity index (χ1) is 5.61. The SMILES string of the molecule is C/C=C(CC(N)C(=O)O)\N=N/C. The molecule has 3 N–H and O–H groups in total. The fraction of sp³-hybridized carbons (Fsp3) is 0.571. The van der Waals surface area contributed by atoms with Crippen LogP contribution in [-0.2, 0) is 4.79 Å². The van der Waals surface area contributed by atoms with Gasteiger partial charge in [-0.1, -0.05) is 6.08 Å². The molecule has 0 fully saturated rings. The number of nitrogens with two attached hydrogens (primary N) is 1. The van der Waals surface area contributed by atoms with E-state index in [2.05, 4.69) is 10.2 Å². The molecule has 0 aliphatic heterocycles. The van der Waals surface area contributed by atoms with Crippen molar-refractivity contribution in [1.29, 1.82) is 0 Å². The Balaban J connectivity index is 4.13.